The van der Waals surface area contributed by atoms with Gasteiger partial charge in [-0.2, -0.15) is 0 Å². The van der Waals surface area contributed by atoms with Crippen molar-refractivity contribution in [3.63, 3.8) is 0 Å². The van der Waals surface area contributed by atoms with Crippen molar-refractivity contribution in [2.24, 2.45) is 0 Å². The van der Waals surface area contributed by atoms with E-state index in [1.807, 2.05) is 0 Å². The van der Waals surface area contributed by atoms with Gasteiger partial charge in [-0.3, -0.25) is 0 Å². The third-order valence-corrected chi connectivity index (χ3v) is 3.54. The summed E-state index contributed by atoms with van der Waals surface area (Å²) in [6.07, 6.45) is 1.39. The van der Waals surface area contributed by atoms with E-state index < -0.39 is 0 Å². The summed E-state index contributed by atoms with van der Waals surface area (Å²) in [5.41, 5.74) is 0. The van der Waals surface area contributed by atoms with Crippen molar-refractivity contribution in [2.45, 2.75) is 12.5 Å². The molecule has 0 aromatic heterocycles. The Bertz CT molecular complexity index is 118. The molecule has 0 aromatic carbocycles. The molecule has 0 amide bonds. The second kappa shape index (κ2) is 2.36. The minimum Gasteiger partial charge on any atom is -0.300 e. The summed E-state index contributed by atoms with van der Waals surface area (Å²) >= 11 is 2.45. The first-order valence-corrected chi connectivity index (χ1v) is 4.47. The maximum absolute atomic E-state index is 2.56. The average molecular weight is 238 g/mol. The van der Waals surface area contributed by atoms with Gasteiger partial charge in [0.15, 0.2) is 0 Å². The minimum absolute atomic E-state index is 0.874. The van der Waals surface area contributed by atoms with Crippen LogP contribution in [-0.4, -0.2) is 40.2 Å². The maximum atomic E-state index is 2.56. The molecule has 2 aliphatic heterocycles. The fourth-order valence-corrected chi connectivity index (χ4v) is 2.33. The van der Waals surface area contributed by atoms with E-state index in [1.165, 1.54) is 32.6 Å². The van der Waals surface area contributed by atoms with Crippen molar-refractivity contribution >= 4 is 22.9 Å². The van der Waals surface area contributed by atoms with Gasteiger partial charge in [0, 0.05) is 48.5 Å². The SMILES string of the molecule is IN1CCN2CCC1C2. The molecule has 0 saturated carbocycles. The van der Waals surface area contributed by atoms with Gasteiger partial charge in [0.25, 0.3) is 0 Å². The molecular formula is C6H11IN2. The van der Waals surface area contributed by atoms with Gasteiger partial charge in [-0.25, -0.2) is 3.11 Å². The monoisotopic (exact) mass is 238 g/mol. The summed E-state index contributed by atoms with van der Waals surface area (Å²) in [6, 6.07) is 0.874. The van der Waals surface area contributed by atoms with Gasteiger partial charge in [0.05, 0.1) is 0 Å². The van der Waals surface area contributed by atoms with Gasteiger partial charge in [0.2, 0.25) is 0 Å². The molecule has 2 bridgehead atoms. The van der Waals surface area contributed by atoms with E-state index in [-0.39, 0.29) is 0 Å². The predicted octanol–water partition coefficient (Wildman–Crippen LogP) is 0.726. The van der Waals surface area contributed by atoms with Crippen LogP contribution in [-0.2, 0) is 0 Å². The van der Waals surface area contributed by atoms with Crippen LogP contribution in [0.5, 0.6) is 0 Å². The van der Waals surface area contributed by atoms with Crippen LogP contribution >= 0.6 is 22.9 Å². The summed E-state index contributed by atoms with van der Waals surface area (Å²) in [5.74, 6) is 0. The zero-order valence-corrected chi connectivity index (χ0v) is 7.54. The van der Waals surface area contributed by atoms with Gasteiger partial charge >= 0.3 is 0 Å². The largest absolute Gasteiger partial charge is 0.300 e. The lowest BCUT2D eigenvalue weighted by Gasteiger charge is -2.28. The van der Waals surface area contributed by atoms with Crippen molar-refractivity contribution in [1.29, 1.82) is 0 Å². The highest BCUT2D eigenvalue weighted by Gasteiger charge is 2.30. The molecule has 0 spiro atoms. The second-order valence-electron chi connectivity index (χ2n) is 2.87. The van der Waals surface area contributed by atoms with E-state index >= 15 is 0 Å². The highest BCUT2D eigenvalue weighted by molar-refractivity contribution is 14.1. The molecule has 0 radical (unpaired) electrons. The third-order valence-electron chi connectivity index (χ3n) is 2.27. The summed E-state index contributed by atoms with van der Waals surface area (Å²) < 4.78 is 2.46. The summed E-state index contributed by atoms with van der Waals surface area (Å²) in [6.45, 7) is 5.22. The van der Waals surface area contributed by atoms with E-state index in [0.29, 0.717) is 0 Å². The van der Waals surface area contributed by atoms with E-state index in [0.717, 1.165) is 6.04 Å². The number of piperazine rings is 1. The third kappa shape index (κ3) is 1.10. The molecule has 2 atom stereocenters. The molecule has 2 saturated heterocycles. The van der Waals surface area contributed by atoms with Crippen molar-refractivity contribution in [1.82, 2.24) is 8.01 Å². The molecule has 2 nitrogen and oxygen atoms in total. The van der Waals surface area contributed by atoms with Gasteiger partial charge in [-0.05, 0) is 13.0 Å². The van der Waals surface area contributed by atoms with Crippen molar-refractivity contribution in [2.75, 3.05) is 26.2 Å². The normalized spacial score (nSPS) is 43.7. The quantitative estimate of drug-likeness (QED) is 0.453. The highest BCUT2D eigenvalue weighted by Crippen LogP contribution is 2.22. The Morgan fingerprint density at radius 1 is 1.22 bits per heavy atom. The van der Waals surface area contributed by atoms with Crippen molar-refractivity contribution < 1.29 is 0 Å². The highest BCUT2D eigenvalue weighted by atomic mass is 127. The first-order valence-electron chi connectivity index (χ1n) is 3.51. The van der Waals surface area contributed by atoms with Gasteiger partial charge in [0.1, 0.15) is 0 Å². The van der Waals surface area contributed by atoms with Crippen LogP contribution in [0.15, 0.2) is 0 Å². The molecule has 52 valence electrons. The maximum Gasteiger partial charge on any atom is 0.0334 e. The fourth-order valence-electron chi connectivity index (χ4n) is 1.66. The van der Waals surface area contributed by atoms with Crippen LogP contribution in [0.4, 0.5) is 0 Å². The topological polar surface area (TPSA) is 6.48 Å². The lowest BCUT2D eigenvalue weighted by atomic mass is 10.2. The Kier molecular flexibility index (Phi) is 1.67. The number of hydrogen-bond acceptors (Lipinski definition) is 2. The first kappa shape index (κ1) is 6.37. The van der Waals surface area contributed by atoms with E-state index in [1.54, 1.807) is 0 Å². The van der Waals surface area contributed by atoms with Gasteiger partial charge in [-0.15, -0.1) is 0 Å². The van der Waals surface area contributed by atoms with Crippen LogP contribution < -0.4 is 0 Å². The smallest absolute Gasteiger partial charge is 0.0334 e. The molecule has 2 unspecified atom stereocenters. The molecule has 2 aliphatic rings. The molecule has 0 aliphatic carbocycles. The second-order valence-corrected chi connectivity index (χ2v) is 4.11. The molecule has 9 heavy (non-hydrogen) atoms. The predicted molar refractivity (Wildman–Crippen MR) is 45.6 cm³/mol. The van der Waals surface area contributed by atoms with Crippen molar-refractivity contribution in [3.8, 4) is 0 Å². The minimum atomic E-state index is 0.874. The molecule has 2 heterocycles. The molecule has 0 N–H and O–H groups in total. The molecule has 0 aromatic rings. The Morgan fingerprint density at radius 2 is 2.11 bits per heavy atom. The van der Waals surface area contributed by atoms with Crippen LogP contribution in [0.2, 0.25) is 0 Å². The lowest BCUT2D eigenvalue weighted by molar-refractivity contribution is 0.239. The molecule has 3 heteroatoms. The number of hydrogen-bond donors (Lipinski definition) is 0. The van der Waals surface area contributed by atoms with Crippen LogP contribution in [0.1, 0.15) is 6.42 Å². The summed E-state index contributed by atoms with van der Waals surface area (Å²) in [5, 5.41) is 0. The zero-order chi connectivity index (χ0) is 6.27. The number of fused-ring (bicyclic) bond motifs is 2. The molecule has 2 fully saturated rings. The first-order chi connectivity index (χ1) is 4.36. The zero-order valence-electron chi connectivity index (χ0n) is 5.39. The Labute approximate surface area is 69.7 Å². The van der Waals surface area contributed by atoms with Crippen LogP contribution in [0.25, 0.3) is 0 Å². The van der Waals surface area contributed by atoms with E-state index in [4.69, 9.17) is 0 Å². The van der Waals surface area contributed by atoms with Crippen LogP contribution in [0.3, 0.4) is 0 Å². The Hall–Kier alpha value is 0.650. The standard InChI is InChI=1S/C6H11IN2/c7-9-4-3-8-2-1-6(9)5-8/h6H,1-5H2. The summed E-state index contributed by atoms with van der Waals surface area (Å²) in [7, 11) is 0. The Balaban J connectivity index is 2.05. The van der Waals surface area contributed by atoms with Crippen molar-refractivity contribution in [3.05, 3.63) is 0 Å². The van der Waals surface area contributed by atoms with E-state index in [2.05, 4.69) is 30.9 Å². The van der Waals surface area contributed by atoms with Gasteiger partial charge < -0.3 is 4.90 Å². The van der Waals surface area contributed by atoms with E-state index in [9.17, 15) is 0 Å². The Morgan fingerprint density at radius 3 is 2.89 bits per heavy atom. The van der Waals surface area contributed by atoms with Crippen LogP contribution in [0, 0.1) is 0 Å². The number of halogens is 1. The van der Waals surface area contributed by atoms with Gasteiger partial charge in [-0.1, -0.05) is 0 Å². The number of nitrogens with zero attached hydrogens (tertiary/aromatic N) is 2. The lowest BCUT2D eigenvalue weighted by Crippen LogP contribution is -2.41. The molecular weight excluding hydrogens is 227 g/mol. The molecule has 2 rings (SSSR count). The fraction of sp³-hybridized carbons (Fsp3) is 1.00. The summed E-state index contributed by atoms with van der Waals surface area (Å²) in [4.78, 5) is 2.56. The number of rotatable bonds is 0. The average Bonchev–Trinajstić information content (AvgIpc) is 2.25.